The lowest BCUT2D eigenvalue weighted by Gasteiger charge is -2.33. The van der Waals surface area contributed by atoms with Crippen LogP contribution in [0, 0.1) is 23.7 Å². The second-order valence-electron chi connectivity index (χ2n) is 7.66. The Morgan fingerprint density at radius 1 is 1.14 bits per heavy atom. The molecule has 0 amide bonds. The van der Waals surface area contributed by atoms with Crippen molar-refractivity contribution in [1.82, 2.24) is 0 Å². The van der Waals surface area contributed by atoms with Gasteiger partial charge in [-0.2, -0.15) is 0 Å². The summed E-state index contributed by atoms with van der Waals surface area (Å²) in [6.07, 6.45) is 18.6. The van der Waals surface area contributed by atoms with E-state index in [-0.39, 0.29) is 0 Å². The van der Waals surface area contributed by atoms with Crippen LogP contribution in [0.3, 0.4) is 0 Å². The Labute approximate surface area is 146 Å². The molecule has 4 atom stereocenters. The molecule has 2 rings (SSSR count). The molecule has 0 aromatic carbocycles. The number of rotatable bonds is 6. The minimum atomic E-state index is 0.786. The molecule has 1 heteroatoms. The van der Waals surface area contributed by atoms with Crippen molar-refractivity contribution >= 4 is 22.6 Å². The third-order valence-electron chi connectivity index (χ3n) is 5.67. The van der Waals surface area contributed by atoms with E-state index in [4.69, 9.17) is 0 Å². The summed E-state index contributed by atoms with van der Waals surface area (Å²) in [6.45, 7) is 7.23. The average Bonchev–Trinajstić information content (AvgIpc) is 2.45. The van der Waals surface area contributed by atoms with Crippen molar-refractivity contribution in [3.63, 3.8) is 0 Å². The Morgan fingerprint density at radius 3 is 2.48 bits per heavy atom. The Kier molecular flexibility index (Phi) is 7.31. The van der Waals surface area contributed by atoms with E-state index in [1.165, 1.54) is 51.4 Å². The molecule has 1 fully saturated rings. The van der Waals surface area contributed by atoms with Crippen LogP contribution in [-0.4, -0.2) is 3.92 Å². The van der Waals surface area contributed by atoms with Crippen molar-refractivity contribution in [2.75, 3.05) is 0 Å². The molecular weight excluding hydrogens is 367 g/mol. The quantitative estimate of drug-likeness (QED) is 0.334. The number of hydrogen-bond acceptors (Lipinski definition) is 0. The molecule has 0 radical (unpaired) electrons. The van der Waals surface area contributed by atoms with Crippen LogP contribution in [0.5, 0.6) is 0 Å². The van der Waals surface area contributed by atoms with Gasteiger partial charge in [-0.15, -0.1) is 0 Å². The summed E-state index contributed by atoms with van der Waals surface area (Å²) < 4.78 is 0.809. The van der Waals surface area contributed by atoms with Crippen LogP contribution < -0.4 is 0 Å². The average molecular weight is 400 g/mol. The highest BCUT2D eigenvalue weighted by molar-refractivity contribution is 14.1. The molecule has 0 heterocycles. The maximum absolute atomic E-state index is 2.68. The molecule has 21 heavy (non-hydrogen) atoms. The van der Waals surface area contributed by atoms with Crippen molar-refractivity contribution in [2.24, 2.45) is 23.7 Å². The molecule has 2 aliphatic carbocycles. The lowest BCUT2D eigenvalue weighted by Crippen LogP contribution is -2.25. The van der Waals surface area contributed by atoms with Crippen LogP contribution in [0.25, 0.3) is 0 Å². The SMILES string of the molecule is CC1=CC=CC(CC(C)C(CC2CCCCC2)C(C)I)C1. The minimum absolute atomic E-state index is 0.786. The predicted molar refractivity (Wildman–Crippen MR) is 103 cm³/mol. The van der Waals surface area contributed by atoms with Crippen LogP contribution in [0.4, 0.5) is 0 Å². The van der Waals surface area contributed by atoms with Gasteiger partial charge in [-0.25, -0.2) is 0 Å². The molecule has 4 unspecified atom stereocenters. The summed E-state index contributed by atoms with van der Waals surface area (Å²) in [5, 5.41) is 0. The van der Waals surface area contributed by atoms with E-state index in [1.54, 1.807) is 5.57 Å². The van der Waals surface area contributed by atoms with Gasteiger partial charge in [0.1, 0.15) is 0 Å². The third-order valence-corrected chi connectivity index (χ3v) is 6.60. The largest absolute Gasteiger partial charge is 0.0826 e. The molecule has 0 aliphatic heterocycles. The topological polar surface area (TPSA) is 0 Å². The van der Waals surface area contributed by atoms with Crippen molar-refractivity contribution in [3.8, 4) is 0 Å². The van der Waals surface area contributed by atoms with E-state index in [0.29, 0.717) is 0 Å². The minimum Gasteiger partial charge on any atom is -0.0826 e. The van der Waals surface area contributed by atoms with Crippen molar-refractivity contribution in [2.45, 2.75) is 76.1 Å². The number of allylic oxidation sites excluding steroid dienone is 4. The first kappa shape index (κ1) is 17.6. The zero-order valence-electron chi connectivity index (χ0n) is 14.2. The molecule has 0 nitrogen and oxygen atoms in total. The van der Waals surface area contributed by atoms with Gasteiger partial charge < -0.3 is 0 Å². The highest BCUT2D eigenvalue weighted by Gasteiger charge is 2.28. The van der Waals surface area contributed by atoms with Gasteiger partial charge in [0.2, 0.25) is 0 Å². The van der Waals surface area contributed by atoms with E-state index in [1.807, 2.05) is 0 Å². The molecule has 120 valence electrons. The van der Waals surface area contributed by atoms with Gasteiger partial charge in [0.25, 0.3) is 0 Å². The number of alkyl halides is 1. The van der Waals surface area contributed by atoms with E-state index < -0.39 is 0 Å². The van der Waals surface area contributed by atoms with Crippen LogP contribution in [0.15, 0.2) is 23.8 Å². The van der Waals surface area contributed by atoms with Gasteiger partial charge in [0.15, 0.2) is 0 Å². The Balaban J connectivity index is 1.87. The molecule has 0 spiro atoms. The highest BCUT2D eigenvalue weighted by Crippen LogP contribution is 2.38. The van der Waals surface area contributed by atoms with Gasteiger partial charge in [-0.1, -0.05) is 92.3 Å². The van der Waals surface area contributed by atoms with Crippen LogP contribution in [-0.2, 0) is 0 Å². The fourth-order valence-corrected chi connectivity index (χ4v) is 5.42. The summed E-state index contributed by atoms with van der Waals surface area (Å²) in [4.78, 5) is 0. The lowest BCUT2D eigenvalue weighted by atomic mass is 9.74. The highest BCUT2D eigenvalue weighted by atomic mass is 127. The predicted octanol–water partition coefficient (Wildman–Crippen LogP) is 6.95. The second kappa shape index (κ2) is 8.74. The van der Waals surface area contributed by atoms with Gasteiger partial charge in [-0.3, -0.25) is 0 Å². The fraction of sp³-hybridized carbons (Fsp3) is 0.800. The molecule has 0 aromatic rings. The van der Waals surface area contributed by atoms with Crippen molar-refractivity contribution < 1.29 is 0 Å². The summed E-state index contributed by atoms with van der Waals surface area (Å²) in [6, 6.07) is 0. The smallest absolute Gasteiger partial charge is 0.0112 e. The summed E-state index contributed by atoms with van der Waals surface area (Å²) in [7, 11) is 0. The Morgan fingerprint density at radius 2 is 1.86 bits per heavy atom. The summed E-state index contributed by atoms with van der Waals surface area (Å²) >= 11 is 2.68. The van der Waals surface area contributed by atoms with Crippen molar-refractivity contribution in [1.29, 1.82) is 0 Å². The maximum atomic E-state index is 2.68. The Hall–Kier alpha value is 0.210. The lowest BCUT2D eigenvalue weighted by molar-refractivity contribution is 0.223. The van der Waals surface area contributed by atoms with E-state index in [0.717, 1.165) is 27.6 Å². The summed E-state index contributed by atoms with van der Waals surface area (Å²) in [5.41, 5.74) is 1.56. The van der Waals surface area contributed by atoms with Gasteiger partial charge >= 0.3 is 0 Å². The van der Waals surface area contributed by atoms with Crippen LogP contribution in [0.1, 0.15) is 72.1 Å². The van der Waals surface area contributed by atoms with E-state index in [9.17, 15) is 0 Å². The van der Waals surface area contributed by atoms with E-state index >= 15 is 0 Å². The molecule has 0 N–H and O–H groups in total. The first-order chi connectivity index (χ1) is 10.1. The Bertz CT molecular complexity index is 360. The van der Waals surface area contributed by atoms with Gasteiger partial charge in [0.05, 0.1) is 0 Å². The molecule has 0 saturated heterocycles. The van der Waals surface area contributed by atoms with Crippen LogP contribution >= 0.6 is 22.6 Å². The monoisotopic (exact) mass is 400 g/mol. The molecule has 0 aromatic heterocycles. The molecule has 1 saturated carbocycles. The molecule has 0 bridgehead atoms. The summed E-state index contributed by atoms with van der Waals surface area (Å²) in [5.74, 6) is 3.58. The first-order valence-corrected chi connectivity index (χ1v) is 10.3. The first-order valence-electron chi connectivity index (χ1n) is 9.04. The number of hydrogen-bond donors (Lipinski definition) is 0. The molecular formula is C20H33I. The van der Waals surface area contributed by atoms with Crippen LogP contribution in [0.2, 0.25) is 0 Å². The van der Waals surface area contributed by atoms with Gasteiger partial charge in [-0.05, 0) is 49.9 Å². The van der Waals surface area contributed by atoms with E-state index in [2.05, 4.69) is 61.6 Å². The van der Waals surface area contributed by atoms with Crippen molar-refractivity contribution in [3.05, 3.63) is 23.8 Å². The number of halogens is 1. The molecule has 2 aliphatic rings. The zero-order valence-corrected chi connectivity index (χ0v) is 16.3. The zero-order chi connectivity index (χ0) is 15.2. The third kappa shape index (κ3) is 5.73. The standard InChI is InChI=1S/C20H33I/c1-15-8-7-11-19(12-15)13-16(2)20(17(3)21)14-18-9-5-4-6-10-18/h7-8,11,16-20H,4-6,9-10,12-14H2,1-3H3. The maximum Gasteiger partial charge on any atom is 0.0112 e. The van der Waals surface area contributed by atoms with Gasteiger partial charge in [0, 0.05) is 3.92 Å². The normalized spacial score (nSPS) is 28.0. The second-order valence-corrected chi connectivity index (χ2v) is 9.62. The fourth-order valence-electron chi connectivity index (χ4n) is 4.42.